The molecule has 4 aliphatic carbocycles. The van der Waals surface area contributed by atoms with Crippen molar-refractivity contribution in [2.24, 2.45) is 35.5 Å². The number of hydrogen-bond donors (Lipinski definition) is 1. The van der Waals surface area contributed by atoms with Gasteiger partial charge in [0.15, 0.2) is 0 Å². The van der Waals surface area contributed by atoms with E-state index in [4.69, 9.17) is 0 Å². The largest absolute Gasteiger partial charge is 0.393 e. The molecule has 7 unspecified atom stereocenters. The molecule has 0 heterocycles. The van der Waals surface area contributed by atoms with Crippen LogP contribution in [0.5, 0.6) is 0 Å². The van der Waals surface area contributed by atoms with Gasteiger partial charge in [0, 0.05) is 0 Å². The van der Waals surface area contributed by atoms with Crippen LogP contribution in [0.2, 0.25) is 0 Å². The number of aliphatic hydroxyl groups is 1. The first kappa shape index (κ1) is 13.6. The van der Waals surface area contributed by atoms with Gasteiger partial charge < -0.3 is 5.11 Å². The van der Waals surface area contributed by atoms with Crippen molar-refractivity contribution >= 4 is 0 Å². The Morgan fingerprint density at radius 2 is 1.20 bits per heavy atom. The van der Waals surface area contributed by atoms with Gasteiger partial charge in [0.25, 0.3) is 0 Å². The van der Waals surface area contributed by atoms with Crippen molar-refractivity contribution < 1.29 is 5.11 Å². The summed E-state index contributed by atoms with van der Waals surface area (Å²) in [4.78, 5) is 0. The van der Waals surface area contributed by atoms with E-state index in [-0.39, 0.29) is 6.10 Å². The molecular formula is C19H32O. The highest BCUT2D eigenvalue weighted by molar-refractivity contribution is 4.97. The van der Waals surface area contributed by atoms with Crippen LogP contribution in [0.3, 0.4) is 0 Å². The molecule has 1 heteroatoms. The maximum atomic E-state index is 10.6. The molecule has 20 heavy (non-hydrogen) atoms. The van der Waals surface area contributed by atoms with Gasteiger partial charge in [-0.2, -0.15) is 0 Å². The Morgan fingerprint density at radius 3 is 2.05 bits per heavy atom. The van der Waals surface area contributed by atoms with Gasteiger partial charge in [0.2, 0.25) is 0 Å². The number of fused-ring (bicyclic) bond motifs is 4. The van der Waals surface area contributed by atoms with Crippen LogP contribution in [0.1, 0.15) is 77.0 Å². The molecule has 0 aromatic carbocycles. The molecule has 0 radical (unpaired) electrons. The van der Waals surface area contributed by atoms with Crippen LogP contribution < -0.4 is 0 Å². The van der Waals surface area contributed by atoms with E-state index in [1.807, 2.05) is 0 Å². The third-order valence-electron chi connectivity index (χ3n) is 7.61. The third kappa shape index (κ3) is 2.34. The summed E-state index contributed by atoms with van der Waals surface area (Å²) in [6.07, 6.45) is 17.2. The van der Waals surface area contributed by atoms with Crippen LogP contribution in [0.25, 0.3) is 0 Å². The SMILES string of the molecule is OC1CC2CC3CCCCC3CCC2C2CCCCC12. The Bertz CT molecular complexity index is 339. The van der Waals surface area contributed by atoms with Crippen LogP contribution >= 0.6 is 0 Å². The molecule has 0 aromatic heterocycles. The molecule has 4 rings (SSSR count). The Hall–Kier alpha value is -0.0400. The summed E-state index contributed by atoms with van der Waals surface area (Å²) in [6, 6.07) is 0. The Balaban J connectivity index is 1.54. The Kier molecular flexibility index (Phi) is 3.83. The molecule has 114 valence electrons. The smallest absolute Gasteiger partial charge is 0.0573 e. The van der Waals surface area contributed by atoms with E-state index in [0.29, 0.717) is 5.92 Å². The quantitative estimate of drug-likeness (QED) is 0.675. The summed E-state index contributed by atoms with van der Waals surface area (Å²) >= 11 is 0. The molecule has 0 saturated heterocycles. The molecule has 1 N–H and O–H groups in total. The van der Waals surface area contributed by atoms with Gasteiger partial charge in [-0.05, 0) is 74.0 Å². The first-order chi connectivity index (χ1) is 9.83. The second-order valence-corrected chi connectivity index (χ2v) is 8.46. The van der Waals surface area contributed by atoms with Gasteiger partial charge in [0.1, 0.15) is 0 Å². The highest BCUT2D eigenvalue weighted by Gasteiger charge is 2.47. The highest BCUT2D eigenvalue weighted by Crippen LogP contribution is 2.54. The lowest BCUT2D eigenvalue weighted by Crippen LogP contribution is -2.44. The summed E-state index contributed by atoms with van der Waals surface area (Å²) < 4.78 is 0. The van der Waals surface area contributed by atoms with Crippen LogP contribution in [-0.4, -0.2) is 11.2 Å². The fourth-order valence-corrected chi connectivity index (χ4v) is 6.70. The van der Waals surface area contributed by atoms with Crippen molar-refractivity contribution in [3.63, 3.8) is 0 Å². The van der Waals surface area contributed by atoms with Gasteiger partial charge in [0.05, 0.1) is 6.10 Å². The normalized spacial score (nSPS) is 52.4. The van der Waals surface area contributed by atoms with E-state index in [2.05, 4.69) is 0 Å². The second-order valence-electron chi connectivity index (χ2n) is 8.46. The number of aliphatic hydroxyl groups excluding tert-OH is 1. The number of rotatable bonds is 0. The molecule has 7 atom stereocenters. The van der Waals surface area contributed by atoms with Gasteiger partial charge >= 0.3 is 0 Å². The molecule has 4 saturated carbocycles. The minimum absolute atomic E-state index is 0.0432. The van der Waals surface area contributed by atoms with Gasteiger partial charge in [-0.1, -0.05) is 38.5 Å². The molecule has 0 aliphatic heterocycles. The summed E-state index contributed by atoms with van der Waals surface area (Å²) in [5.74, 6) is 5.48. The molecule has 1 nitrogen and oxygen atoms in total. The van der Waals surface area contributed by atoms with E-state index < -0.39 is 0 Å². The fourth-order valence-electron chi connectivity index (χ4n) is 6.70. The topological polar surface area (TPSA) is 20.2 Å². The minimum atomic E-state index is 0.0432. The molecule has 4 fully saturated rings. The van der Waals surface area contributed by atoms with Gasteiger partial charge in [-0.25, -0.2) is 0 Å². The van der Waals surface area contributed by atoms with Crippen molar-refractivity contribution in [2.45, 2.75) is 83.2 Å². The summed E-state index contributed by atoms with van der Waals surface area (Å²) in [5.41, 5.74) is 0. The summed E-state index contributed by atoms with van der Waals surface area (Å²) in [7, 11) is 0. The van der Waals surface area contributed by atoms with Gasteiger partial charge in [-0.15, -0.1) is 0 Å². The molecular weight excluding hydrogens is 244 g/mol. The zero-order valence-electron chi connectivity index (χ0n) is 13.0. The standard InChI is InChI=1S/C19H32O/c20-19-12-15-11-14-6-2-1-5-13(14)9-10-16(15)17-7-3-4-8-18(17)19/h13-20H,1-12H2. The molecule has 4 aliphatic rings. The third-order valence-corrected chi connectivity index (χ3v) is 7.61. The summed E-state index contributed by atoms with van der Waals surface area (Å²) in [5, 5.41) is 10.6. The monoisotopic (exact) mass is 276 g/mol. The van der Waals surface area contributed by atoms with Gasteiger partial charge in [-0.3, -0.25) is 0 Å². The van der Waals surface area contributed by atoms with Crippen LogP contribution in [-0.2, 0) is 0 Å². The van der Waals surface area contributed by atoms with Crippen LogP contribution in [0.15, 0.2) is 0 Å². The molecule has 0 bridgehead atoms. The van der Waals surface area contributed by atoms with E-state index in [1.54, 1.807) is 0 Å². The number of hydrogen-bond acceptors (Lipinski definition) is 1. The zero-order valence-corrected chi connectivity index (χ0v) is 13.0. The van der Waals surface area contributed by atoms with Crippen molar-refractivity contribution in [3.8, 4) is 0 Å². The lowest BCUT2D eigenvalue weighted by Gasteiger charge is -2.48. The minimum Gasteiger partial charge on any atom is -0.393 e. The Labute approximate surface area is 124 Å². The summed E-state index contributed by atoms with van der Waals surface area (Å²) in [6.45, 7) is 0. The maximum absolute atomic E-state index is 10.6. The average molecular weight is 276 g/mol. The van der Waals surface area contributed by atoms with Crippen molar-refractivity contribution in [1.82, 2.24) is 0 Å². The predicted molar refractivity (Wildman–Crippen MR) is 82.4 cm³/mol. The second kappa shape index (κ2) is 5.63. The van der Waals surface area contributed by atoms with Crippen molar-refractivity contribution in [2.75, 3.05) is 0 Å². The van der Waals surface area contributed by atoms with Crippen molar-refractivity contribution in [3.05, 3.63) is 0 Å². The van der Waals surface area contributed by atoms with E-state index in [0.717, 1.165) is 36.0 Å². The average Bonchev–Trinajstić information content (AvgIpc) is 2.66. The fraction of sp³-hybridized carbons (Fsp3) is 1.00. The van der Waals surface area contributed by atoms with Crippen LogP contribution in [0.4, 0.5) is 0 Å². The molecule has 0 spiro atoms. The highest BCUT2D eigenvalue weighted by atomic mass is 16.3. The van der Waals surface area contributed by atoms with E-state index in [1.165, 1.54) is 70.6 Å². The van der Waals surface area contributed by atoms with E-state index in [9.17, 15) is 5.11 Å². The molecule has 0 aromatic rings. The van der Waals surface area contributed by atoms with Crippen molar-refractivity contribution in [1.29, 1.82) is 0 Å². The molecule has 0 amide bonds. The predicted octanol–water partition coefficient (Wildman–Crippen LogP) is 4.78. The first-order valence-corrected chi connectivity index (χ1v) is 9.51. The van der Waals surface area contributed by atoms with Crippen LogP contribution in [0, 0.1) is 35.5 Å². The Morgan fingerprint density at radius 1 is 0.500 bits per heavy atom. The zero-order chi connectivity index (χ0) is 13.5. The lowest BCUT2D eigenvalue weighted by atomic mass is 9.59. The lowest BCUT2D eigenvalue weighted by molar-refractivity contribution is -0.0553. The van der Waals surface area contributed by atoms with E-state index >= 15 is 0 Å². The maximum Gasteiger partial charge on any atom is 0.0573 e. The first-order valence-electron chi connectivity index (χ1n) is 9.51.